The van der Waals surface area contributed by atoms with Gasteiger partial charge in [0.2, 0.25) is 0 Å². The van der Waals surface area contributed by atoms with Crippen LogP contribution in [-0.2, 0) is 11.3 Å². The Hall–Kier alpha value is -1.27. The van der Waals surface area contributed by atoms with Gasteiger partial charge in [0.15, 0.2) is 0 Å². The lowest BCUT2D eigenvalue weighted by atomic mass is 10.3. The van der Waals surface area contributed by atoms with Crippen molar-refractivity contribution in [3.05, 3.63) is 18.2 Å². The number of nitrogens with one attached hydrogen (secondary N) is 1. The zero-order valence-corrected chi connectivity index (χ0v) is 6.80. The highest BCUT2D eigenvalue weighted by molar-refractivity contribution is 7.80. The Labute approximate surface area is 71.6 Å². The van der Waals surface area contributed by atoms with Crippen molar-refractivity contribution in [2.75, 3.05) is 10.5 Å². The molecule has 66 valence electrons. The molecule has 1 unspecified atom stereocenters. The van der Waals surface area contributed by atoms with Gasteiger partial charge in [-0.05, 0) is 18.2 Å². The molecule has 0 aliphatic heterocycles. The first-order valence-corrected chi connectivity index (χ1v) is 4.11. The second-order valence-electron chi connectivity index (χ2n) is 2.11. The lowest BCUT2D eigenvalue weighted by Gasteiger charge is -2.09. The molecular weight excluding hydrogens is 180 g/mol. The second kappa shape index (κ2) is 3.42. The molecule has 1 aromatic carbocycles. The van der Waals surface area contributed by atoms with Crippen molar-refractivity contribution in [1.82, 2.24) is 0 Å². The molecule has 5 nitrogen and oxygen atoms in total. The van der Waals surface area contributed by atoms with Gasteiger partial charge in [0.25, 0.3) is 0 Å². The van der Waals surface area contributed by atoms with Crippen molar-refractivity contribution in [3.8, 4) is 5.75 Å². The quantitative estimate of drug-likeness (QED) is 0.266. The molecule has 1 rings (SSSR count). The predicted molar refractivity (Wildman–Crippen MR) is 45.1 cm³/mol. The van der Waals surface area contributed by atoms with Crippen molar-refractivity contribution in [2.45, 2.75) is 0 Å². The number of aromatic hydroxyl groups is 1. The number of rotatable bonds is 2. The molecule has 0 saturated carbocycles. The number of nitrogens with two attached hydrogens (primary N) is 1. The lowest BCUT2D eigenvalue weighted by Crippen LogP contribution is -2.02. The monoisotopic (exact) mass is 187 g/mol. The van der Waals surface area contributed by atoms with E-state index in [1.807, 2.05) is 0 Å². The van der Waals surface area contributed by atoms with Crippen LogP contribution in [-0.4, -0.2) is 13.9 Å². The summed E-state index contributed by atoms with van der Waals surface area (Å²) in [6.45, 7) is 0. The van der Waals surface area contributed by atoms with E-state index < -0.39 is 11.3 Å². The van der Waals surface area contributed by atoms with Crippen LogP contribution in [0.4, 0.5) is 11.4 Å². The van der Waals surface area contributed by atoms with Crippen molar-refractivity contribution < 1.29 is 13.9 Å². The molecule has 0 fully saturated rings. The average molecular weight is 187 g/mol. The summed E-state index contributed by atoms with van der Waals surface area (Å²) in [5.41, 5.74) is 5.75. The number of hydrogen-bond acceptors (Lipinski definition) is 4. The molecule has 0 spiro atoms. The summed E-state index contributed by atoms with van der Waals surface area (Å²) >= 11 is -2.37. The molecule has 0 saturated heterocycles. The maximum Gasteiger partial charge on any atom is 0.138 e. The number of phenolic OH excluding ortho intramolecular Hbond substituents is 1. The van der Waals surface area contributed by atoms with Crippen LogP contribution in [0.5, 0.6) is 5.75 Å². The van der Waals surface area contributed by atoms with E-state index in [-0.39, 0.29) is 11.4 Å². The van der Waals surface area contributed by atoms with Gasteiger partial charge in [-0.1, -0.05) is 0 Å². The lowest BCUT2D eigenvalue weighted by molar-refractivity contribution is 0.478. The highest BCUT2D eigenvalue weighted by atomic mass is 32.2. The van der Waals surface area contributed by atoms with Gasteiger partial charge in [-0.3, -0.25) is 4.21 Å². The highest BCUT2D eigenvalue weighted by Gasteiger charge is 1.97. The summed E-state index contributed by atoms with van der Waals surface area (Å²) in [7, 11) is 0. The fourth-order valence-corrected chi connectivity index (χ4v) is 1.03. The standard InChI is InChI=1S/C6H8N2O3S/c7-5-3-4(8-12(10)11)1-2-6(5)9/h1-3,8-9H,7H2,(H,10,11)/p-1. The Morgan fingerprint density at radius 3 is 2.75 bits per heavy atom. The maximum atomic E-state index is 10.2. The van der Waals surface area contributed by atoms with Gasteiger partial charge in [0.05, 0.1) is 5.69 Å². The SMILES string of the molecule is Nc1cc(NS(=O)[O-])ccc1O. The Bertz CT molecular complexity index is 316. The number of anilines is 2. The molecular formula is C6H7N2O3S-. The Balaban J connectivity index is 2.89. The van der Waals surface area contributed by atoms with Crippen LogP contribution in [0.15, 0.2) is 18.2 Å². The number of nitrogen functional groups attached to an aromatic ring is 1. The van der Waals surface area contributed by atoms with Crippen LogP contribution >= 0.6 is 0 Å². The van der Waals surface area contributed by atoms with Crippen LogP contribution < -0.4 is 10.5 Å². The number of phenols is 1. The van der Waals surface area contributed by atoms with Crippen molar-refractivity contribution in [2.24, 2.45) is 0 Å². The summed E-state index contributed by atoms with van der Waals surface area (Å²) in [6.07, 6.45) is 0. The fraction of sp³-hybridized carbons (Fsp3) is 0. The minimum absolute atomic E-state index is 0.0720. The van der Waals surface area contributed by atoms with Gasteiger partial charge >= 0.3 is 0 Å². The fourth-order valence-electron chi connectivity index (χ4n) is 0.714. The minimum Gasteiger partial charge on any atom is -0.755 e. The van der Waals surface area contributed by atoms with Crippen molar-refractivity contribution in [3.63, 3.8) is 0 Å². The van der Waals surface area contributed by atoms with Gasteiger partial charge in [-0.2, -0.15) is 0 Å². The van der Waals surface area contributed by atoms with Gasteiger partial charge in [-0.15, -0.1) is 0 Å². The van der Waals surface area contributed by atoms with Crippen LogP contribution in [0.1, 0.15) is 0 Å². The summed E-state index contributed by atoms with van der Waals surface area (Å²) in [6, 6.07) is 4.04. The van der Waals surface area contributed by atoms with E-state index in [1.165, 1.54) is 18.2 Å². The van der Waals surface area contributed by atoms with E-state index in [4.69, 9.17) is 10.8 Å². The topological polar surface area (TPSA) is 98.4 Å². The largest absolute Gasteiger partial charge is 0.755 e. The molecule has 1 atom stereocenters. The zero-order chi connectivity index (χ0) is 9.14. The van der Waals surface area contributed by atoms with Gasteiger partial charge in [0, 0.05) is 17.0 Å². The van der Waals surface area contributed by atoms with E-state index in [0.717, 1.165) is 0 Å². The van der Waals surface area contributed by atoms with Crippen LogP contribution in [0.3, 0.4) is 0 Å². The first-order valence-electron chi connectivity index (χ1n) is 3.04. The predicted octanol–water partition coefficient (Wildman–Crippen LogP) is 0.180. The summed E-state index contributed by atoms with van der Waals surface area (Å²) in [5.74, 6) is -0.0720. The molecule has 0 heterocycles. The molecule has 12 heavy (non-hydrogen) atoms. The first-order chi connectivity index (χ1) is 5.59. The van der Waals surface area contributed by atoms with E-state index >= 15 is 0 Å². The minimum atomic E-state index is -2.37. The smallest absolute Gasteiger partial charge is 0.138 e. The van der Waals surface area contributed by atoms with E-state index in [2.05, 4.69) is 4.72 Å². The van der Waals surface area contributed by atoms with Crippen molar-refractivity contribution >= 4 is 22.6 Å². The molecule has 0 amide bonds. The number of hydrogen-bond donors (Lipinski definition) is 3. The molecule has 0 bridgehead atoms. The third-order valence-corrected chi connectivity index (χ3v) is 1.63. The Kier molecular flexibility index (Phi) is 2.51. The Morgan fingerprint density at radius 1 is 1.58 bits per heavy atom. The Morgan fingerprint density at radius 2 is 2.25 bits per heavy atom. The summed E-state index contributed by atoms with van der Waals surface area (Å²) < 4.78 is 22.4. The van der Waals surface area contributed by atoms with E-state index in [0.29, 0.717) is 5.69 Å². The summed E-state index contributed by atoms with van der Waals surface area (Å²) in [5, 5.41) is 8.97. The maximum absolute atomic E-state index is 10.2. The van der Waals surface area contributed by atoms with Crippen LogP contribution in [0, 0.1) is 0 Å². The normalized spacial score (nSPS) is 12.4. The highest BCUT2D eigenvalue weighted by Crippen LogP contribution is 2.23. The van der Waals surface area contributed by atoms with Crippen LogP contribution in [0.25, 0.3) is 0 Å². The van der Waals surface area contributed by atoms with Gasteiger partial charge in [0.1, 0.15) is 5.75 Å². The second-order valence-corrected chi connectivity index (χ2v) is 2.78. The third kappa shape index (κ3) is 2.11. The molecule has 6 heteroatoms. The third-order valence-electron chi connectivity index (χ3n) is 1.23. The van der Waals surface area contributed by atoms with Crippen LogP contribution in [0.2, 0.25) is 0 Å². The molecule has 0 aromatic heterocycles. The van der Waals surface area contributed by atoms with Crippen molar-refractivity contribution in [1.29, 1.82) is 0 Å². The zero-order valence-electron chi connectivity index (χ0n) is 5.98. The molecule has 4 N–H and O–H groups in total. The molecule has 0 radical (unpaired) electrons. The molecule has 0 aliphatic rings. The summed E-state index contributed by atoms with van der Waals surface area (Å²) in [4.78, 5) is 0. The molecule has 0 aliphatic carbocycles. The van der Waals surface area contributed by atoms with E-state index in [9.17, 15) is 8.76 Å². The first kappa shape index (κ1) is 8.82. The van der Waals surface area contributed by atoms with E-state index in [1.54, 1.807) is 0 Å². The van der Waals surface area contributed by atoms with Gasteiger partial charge < -0.3 is 20.1 Å². The van der Waals surface area contributed by atoms with Gasteiger partial charge in [-0.25, -0.2) is 0 Å². The average Bonchev–Trinajstić information content (AvgIpc) is 1.96. The molecule has 1 aromatic rings. The number of benzene rings is 1.